The normalized spacial score (nSPS) is 14.3. The molecule has 0 saturated heterocycles. The molecule has 6 heterocycles. The molecule has 0 spiro atoms. The number of aromatic nitrogens is 2. The number of para-hydroxylation sites is 2. The number of benzene rings is 5. The Labute approximate surface area is 230 Å². The third kappa shape index (κ3) is 2.11. The number of nitrogens with zero attached hydrogens (tertiary/aromatic N) is 2. The average molecular weight is 508 g/mol. The van der Waals surface area contributed by atoms with Gasteiger partial charge in [-0.25, -0.2) is 0 Å². The zero-order chi connectivity index (χ0) is 25.7. The van der Waals surface area contributed by atoms with E-state index in [0.29, 0.717) is 0 Å². The van der Waals surface area contributed by atoms with Crippen LogP contribution in [-0.4, -0.2) is 22.7 Å². The van der Waals surface area contributed by atoms with Crippen LogP contribution in [0.5, 0.6) is 23.0 Å². The Morgan fingerprint density at radius 1 is 0.450 bits per heavy atom. The van der Waals surface area contributed by atoms with Crippen molar-refractivity contribution in [1.29, 1.82) is 0 Å². The van der Waals surface area contributed by atoms with Crippen molar-refractivity contribution in [3.05, 3.63) is 109 Å². The van der Waals surface area contributed by atoms with Gasteiger partial charge in [0.15, 0.2) is 0 Å². The van der Waals surface area contributed by atoms with Crippen molar-refractivity contribution in [3.63, 3.8) is 0 Å². The van der Waals surface area contributed by atoms with Gasteiger partial charge in [-0.05, 0) is 70.1 Å². The molecule has 7 aromatic rings. The van der Waals surface area contributed by atoms with Crippen molar-refractivity contribution in [2.75, 3.05) is 0 Å². The topological polar surface area (TPSA) is 28.3 Å². The van der Waals surface area contributed by atoms with Crippen LogP contribution >= 0.6 is 0 Å². The van der Waals surface area contributed by atoms with Gasteiger partial charge < -0.3 is 18.4 Å². The molecule has 2 aromatic heterocycles. The molecule has 182 valence electrons. The predicted molar refractivity (Wildman–Crippen MR) is 162 cm³/mol. The molecule has 0 radical (unpaired) electrons. The minimum Gasteiger partial charge on any atom is -0.459 e. The van der Waals surface area contributed by atoms with Gasteiger partial charge in [0.1, 0.15) is 23.0 Å². The lowest BCUT2D eigenvalue weighted by molar-refractivity contribution is 0.468. The molecule has 0 aliphatic carbocycles. The third-order valence-corrected chi connectivity index (χ3v) is 9.48. The predicted octanol–water partition coefficient (Wildman–Crippen LogP) is 5.08. The van der Waals surface area contributed by atoms with Gasteiger partial charge in [0.05, 0.1) is 0 Å². The molecule has 0 saturated carbocycles. The van der Waals surface area contributed by atoms with E-state index in [1.165, 1.54) is 60.4 Å². The molecule has 6 heteroatoms. The monoisotopic (exact) mass is 508 g/mol. The number of fused-ring (bicyclic) bond motifs is 9. The first-order valence-electron chi connectivity index (χ1n) is 13.8. The Hall–Kier alpha value is -5.09. The highest BCUT2D eigenvalue weighted by Crippen LogP contribution is 2.42. The molecule has 5 aromatic carbocycles. The van der Waals surface area contributed by atoms with Gasteiger partial charge in [-0.1, -0.05) is 66.7 Å². The van der Waals surface area contributed by atoms with Gasteiger partial charge in [0.25, 0.3) is 0 Å². The van der Waals surface area contributed by atoms with E-state index in [2.05, 4.69) is 118 Å². The molecular weight excluding hydrogens is 490 g/mol. The fraction of sp³-hybridized carbons (Fsp3) is 0. The number of hydrogen-bond donors (Lipinski definition) is 0. The van der Waals surface area contributed by atoms with Crippen LogP contribution < -0.4 is 31.3 Å². The standard InChI is InChI=1S/C34H18B2N2O2/c1-5-19-15-17-37-32(19)23(9-1)21-7-4-12-27-29(21)35(37)25-13-14-28-31(34(25)40-27)36-30-22(8-3-11-26(30)39-28)24-10-2-6-20-16-18-38(36)33(20)24/h1-18H. The molecule has 40 heavy (non-hydrogen) atoms. The quantitative estimate of drug-likeness (QED) is 0.268. The molecule has 0 fully saturated rings. The van der Waals surface area contributed by atoms with E-state index in [9.17, 15) is 0 Å². The number of hydrogen-bond acceptors (Lipinski definition) is 2. The van der Waals surface area contributed by atoms with Gasteiger partial charge in [0, 0.05) is 38.5 Å². The Morgan fingerprint density at radius 2 is 1.00 bits per heavy atom. The second-order valence-corrected chi connectivity index (χ2v) is 11.3. The van der Waals surface area contributed by atoms with Crippen molar-refractivity contribution in [1.82, 2.24) is 8.96 Å². The van der Waals surface area contributed by atoms with E-state index < -0.39 is 0 Å². The lowest BCUT2D eigenvalue weighted by Gasteiger charge is -2.38. The summed E-state index contributed by atoms with van der Waals surface area (Å²) in [5.74, 6) is 3.62. The van der Waals surface area contributed by atoms with E-state index in [1.807, 2.05) is 0 Å². The molecular formula is C34H18B2N2O2. The van der Waals surface area contributed by atoms with Gasteiger partial charge in [-0.15, -0.1) is 0 Å². The minimum atomic E-state index is -0.0393. The van der Waals surface area contributed by atoms with Crippen molar-refractivity contribution in [3.8, 4) is 45.3 Å². The van der Waals surface area contributed by atoms with Crippen molar-refractivity contribution in [2.45, 2.75) is 0 Å². The zero-order valence-electron chi connectivity index (χ0n) is 21.3. The summed E-state index contributed by atoms with van der Waals surface area (Å²) >= 11 is 0. The van der Waals surface area contributed by atoms with Crippen molar-refractivity contribution >= 4 is 57.4 Å². The first kappa shape index (κ1) is 19.9. The first-order chi connectivity index (χ1) is 19.8. The fourth-order valence-corrected chi connectivity index (χ4v) is 7.97. The van der Waals surface area contributed by atoms with Crippen LogP contribution in [0.1, 0.15) is 0 Å². The maximum atomic E-state index is 6.97. The van der Waals surface area contributed by atoms with Gasteiger partial charge in [-0.2, -0.15) is 0 Å². The largest absolute Gasteiger partial charge is 0.459 e. The lowest BCUT2D eigenvalue weighted by Crippen LogP contribution is -2.59. The molecule has 0 N–H and O–H groups in total. The maximum Gasteiger partial charge on any atom is 0.340 e. The van der Waals surface area contributed by atoms with Crippen molar-refractivity contribution in [2.24, 2.45) is 0 Å². The van der Waals surface area contributed by atoms with Gasteiger partial charge in [-0.3, -0.25) is 0 Å². The molecule has 0 atom stereocenters. The van der Waals surface area contributed by atoms with E-state index in [-0.39, 0.29) is 13.7 Å². The summed E-state index contributed by atoms with van der Waals surface area (Å²) in [5.41, 5.74) is 12.3. The molecule has 11 rings (SSSR count). The fourth-order valence-electron chi connectivity index (χ4n) is 7.97. The molecule has 4 nitrogen and oxygen atoms in total. The Morgan fingerprint density at radius 3 is 1.70 bits per heavy atom. The summed E-state index contributed by atoms with van der Waals surface area (Å²) in [4.78, 5) is 0. The van der Waals surface area contributed by atoms with Crippen LogP contribution in [0.15, 0.2) is 109 Å². The number of ether oxygens (including phenoxy) is 2. The van der Waals surface area contributed by atoms with Crippen LogP contribution in [0.25, 0.3) is 44.1 Å². The lowest BCUT2D eigenvalue weighted by atomic mass is 9.42. The second-order valence-electron chi connectivity index (χ2n) is 11.3. The highest BCUT2D eigenvalue weighted by molar-refractivity contribution is 6.92. The summed E-state index contributed by atoms with van der Waals surface area (Å²) in [6.45, 7) is -0.00700. The van der Waals surface area contributed by atoms with Crippen LogP contribution in [0.3, 0.4) is 0 Å². The molecule has 4 aliphatic heterocycles. The van der Waals surface area contributed by atoms with E-state index in [1.54, 1.807) is 0 Å². The van der Waals surface area contributed by atoms with Gasteiger partial charge >= 0.3 is 13.7 Å². The summed E-state index contributed by atoms with van der Waals surface area (Å²) in [6.07, 6.45) is 4.47. The Balaban J connectivity index is 1.25. The third-order valence-electron chi connectivity index (χ3n) is 9.48. The minimum absolute atomic E-state index is 0.0323. The van der Waals surface area contributed by atoms with Crippen molar-refractivity contribution < 1.29 is 9.47 Å². The highest BCUT2D eigenvalue weighted by atomic mass is 16.5. The average Bonchev–Trinajstić information content (AvgIpc) is 3.63. The Bertz CT molecular complexity index is 2310. The zero-order valence-corrected chi connectivity index (χ0v) is 21.3. The second kappa shape index (κ2) is 6.54. The summed E-state index contributed by atoms with van der Waals surface area (Å²) in [7, 11) is 0. The molecule has 0 bridgehead atoms. The summed E-state index contributed by atoms with van der Waals surface area (Å²) in [5, 5.41) is 2.51. The van der Waals surface area contributed by atoms with Gasteiger partial charge in [0.2, 0.25) is 0 Å². The number of rotatable bonds is 0. The van der Waals surface area contributed by atoms with Crippen LogP contribution in [0.2, 0.25) is 0 Å². The van der Waals surface area contributed by atoms with E-state index >= 15 is 0 Å². The molecule has 4 aliphatic rings. The highest BCUT2D eigenvalue weighted by Gasteiger charge is 2.46. The van der Waals surface area contributed by atoms with Crippen LogP contribution in [-0.2, 0) is 0 Å². The molecule has 0 amide bonds. The SMILES string of the molecule is c1cc2c3c(c1)-c1cccc4ccn(c14)B3c1ccc3c(c1O2)B1c2c(cccc2-c2cccc4ccn1c24)O3. The van der Waals surface area contributed by atoms with Crippen LogP contribution in [0, 0.1) is 0 Å². The first-order valence-corrected chi connectivity index (χ1v) is 13.8. The Kier molecular flexibility index (Phi) is 3.26. The smallest absolute Gasteiger partial charge is 0.340 e. The summed E-state index contributed by atoms with van der Waals surface area (Å²) in [6, 6.07) is 34.9. The molecule has 0 unspecified atom stereocenters. The van der Waals surface area contributed by atoms with E-state index in [4.69, 9.17) is 9.47 Å². The van der Waals surface area contributed by atoms with Crippen LogP contribution in [0.4, 0.5) is 0 Å². The maximum absolute atomic E-state index is 6.97. The van der Waals surface area contributed by atoms with E-state index in [0.717, 1.165) is 28.5 Å². The summed E-state index contributed by atoms with van der Waals surface area (Å²) < 4.78 is 18.5.